The molecule has 0 amide bonds. The molecule has 0 heterocycles. The number of sulfonamides is 1. The van der Waals surface area contributed by atoms with Crippen LogP contribution in [0.25, 0.3) is 0 Å². The van der Waals surface area contributed by atoms with Gasteiger partial charge in [0, 0.05) is 13.0 Å². The van der Waals surface area contributed by atoms with Crippen LogP contribution in [0.4, 0.5) is 0 Å². The first-order chi connectivity index (χ1) is 8.01. The average Bonchev–Trinajstić information content (AvgIpc) is 2.53. The normalized spacial score (nSPS) is 21.8. The molecule has 1 fully saturated rings. The number of carboxylic acid groups (broad SMARTS) is 1. The van der Waals surface area contributed by atoms with Crippen molar-refractivity contribution >= 4 is 16.0 Å². The van der Waals surface area contributed by atoms with Crippen molar-refractivity contribution in [1.29, 1.82) is 0 Å². The van der Waals surface area contributed by atoms with Crippen molar-refractivity contribution in [1.82, 2.24) is 4.72 Å². The minimum absolute atomic E-state index is 0.110. The van der Waals surface area contributed by atoms with Crippen LogP contribution in [0.3, 0.4) is 0 Å². The molecule has 5 nitrogen and oxygen atoms in total. The van der Waals surface area contributed by atoms with Gasteiger partial charge in [0.2, 0.25) is 10.0 Å². The van der Waals surface area contributed by atoms with Gasteiger partial charge in [0.05, 0.1) is 5.75 Å². The minimum Gasteiger partial charge on any atom is -0.481 e. The topological polar surface area (TPSA) is 83.5 Å². The number of rotatable bonds is 7. The second-order valence-electron chi connectivity index (χ2n) is 6.16. The summed E-state index contributed by atoms with van der Waals surface area (Å²) >= 11 is 0. The lowest BCUT2D eigenvalue weighted by molar-refractivity contribution is -0.137. The highest BCUT2D eigenvalue weighted by molar-refractivity contribution is 7.89. The zero-order valence-corrected chi connectivity index (χ0v) is 12.3. The number of carboxylic acids is 1. The van der Waals surface area contributed by atoms with Gasteiger partial charge in [-0.2, -0.15) is 0 Å². The average molecular weight is 277 g/mol. The number of hydrogen-bond acceptors (Lipinski definition) is 3. The summed E-state index contributed by atoms with van der Waals surface area (Å²) < 4.78 is 25.9. The van der Waals surface area contributed by atoms with Crippen LogP contribution < -0.4 is 4.72 Å². The SMILES string of the molecule is CC1(C)C(CNS(=O)(=O)CCCC(=O)O)C1(C)C. The highest BCUT2D eigenvalue weighted by Crippen LogP contribution is 2.67. The van der Waals surface area contributed by atoms with Crippen molar-refractivity contribution in [2.45, 2.75) is 40.5 Å². The molecule has 0 aromatic carbocycles. The second kappa shape index (κ2) is 4.81. The molecule has 0 atom stereocenters. The van der Waals surface area contributed by atoms with E-state index in [4.69, 9.17) is 5.11 Å². The van der Waals surface area contributed by atoms with Gasteiger partial charge in [-0.15, -0.1) is 0 Å². The van der Waals surface area contributed by atoms with E-state index in [1.165, 1.54) is 0 Å². The predicted molar refractivity (Wildman–Crippen MR) is 69.7 cm³/mol. The first-order valence-electron chi connectivity index (χ1n) is 6.20. The third-order valence-electron chi connectivity index (χ3n) is 4.63. The van der Waals surface area contributed by atoms with Crippen molar-refractivity contribution in [3.63, 3.8) is 0 Å². The Labute approximate surface area is 109 Å². The van der Waals surface area contributed by atoms with E-state index in [9.17, 15) is 13.2 Å². The quantitative estimate of drug-likeness (QED) is 0.738. The van der Waals surface area contributed by atoms with E-state index < -0.39 is 16.0 Å². The molecule has 6 heteroatoms. The van der Waals surface area contributed by atoms with Crippen LogP contribution in [0.1, 0.15) is 40.5 Å². The van der Waals surface area contributed by atoms with E-state index in [1.54, 1.807) is 0 Å². The third-order valence-corrected chi connectivity index (χ3v) is 6.06. The lowest BCUT2D eigenvalue weighted by atomic mass is 10.0. The first-order valence-corrected chi connectivity index (χ1v) is 7.85. The van der Waals surface area contributed by atoms with Crippen molar-refractivity contribution in [3.8, 4) is 0 Å². The zero-order valence-electron chi connectivity index (χ0n) is 11.5. The van der Waals surface area contributed by atoms with Crippen LogP contribution in [0.2, 0.25) is 0 Å². The van der Waals surface area contributed by atoms with Gasteiger partial charge in [-0.25, -0.2) is 13.1 Å². The predicted octanol–water partition coefficient (Wildman–Crippen LogP) is 1.45. The molecule has 2 N–H and O–H groups in total. The molecular formula is C12H23NO4S. The molecule has 106 valence electrons. The van der Waals surface area contributed by atoms with Gasteiger partial charge in [-0.05, 0) is 23.2 Å². The maximum atomic E-state index is 11.7. The van der Waals surface area contributed by atoms with Crippen LogP contribution in [-0.4, -0.2) is 31.8 Å². The van der Waals surface area contributed by atoms with Crippen molar-refractivity contribution < 1.29 is 18.3 Å². The summed E-state index contributed by atoms with van der Waals surface area (Å²) in [6.07, 6.45) is 0.0451. The Morgan fingerprint density at radius 3 is 2.11 bits per heavy atom. The molecule has 1 aliphatic rings. The Morgan fingerprint density at radius 2 is 1.72 bits per heavy atom. The Bertz CT molecular complexity index is 411. The lowest BCUT2D eigenvalue weighted by Gasteiger charge is -2.07. The number of nitrogens with one attached hydrogen (secondary N) is 1. The van der Waals surface area contributed by atoms with Crippen LogP contribution in [0.5, 0.6) is 0 Å². The summed E-state index contributed by atoms with van der Waals surface area (Å²) in [6.45, 7) is 8.98. The maximum Gasteiger partial charge on any atom is 0.303 e. The summed E-state index contributed by atoms with van der Waals surface area (Å²) in [5.74, 6) is -0.749. The Hall–Kier alpha value is -0.620. The van der Waals surface area contributed by atoms with Crippen molar-refractivity contribution in [3.05, 3.63) is 0 Å². The van der Waals surface area contributed by atoms with E-state index >= 15 is 0 Å². The smallest absolute Gasteiger partial charge is 0.303 e. The number of hydrogen-bond donors (Lipinski definition) is 2. The van der Waals surface area contributed by atoms with Crippen molar-refractivity contribution in [2.24, 2.45) is 16.7 Å². The highest BCUT2D eigenvalue weighted by atomic mass is 32.2. The summed E-state index contributed by atoms with van der Waals surface area (Å²) in [5, 5.41) is 8.46. The Kier molecular flexibility index (Phi) is 4.13. The number of aliphatic carboxylic acids is 1. The maximum absolute atomic E-state index is 11.7. The largest absolute Gasteiger partial charge is 0.481 e. The molecule has 1 saturated carbocycles. The standard InChI is InChI=1S/C12H23NO4S/c1-11(2)9(12(11,3)4)8-13-18(16,17)7-5-6-10(14)15/h9,13H,5-8H2,1-4H3,(H,14,15). The van der Waals surface area contributed by atoms with E-state index in [2.05, 4.69) is 32.4 Å². The fourth-order valence-corrected chi connectivity index (χ4v) is 3.63. The molecule has 0 spiro atoms. The molecule has 1 rings (SSSR count). The third kappa shape index (κ3) is 3.23. The molecule has 0 saturated heterocycles. The van der Waals surface area contributed by atoms with Crippen LogP contribution in [0, 0.1) is 16.7 Å². The molecule has 0 aliphatic heterocycles. The van der Waals surface area contributed by atoms with Gasteiger partial charge in [0.1, 0.15) is 0 Å². The highest BCUT2D eigenvalue weighted by Gasteiger charge is 2.64. The molecule has 0 aromatic heterocycles. The van der Waals surface area contributed by atoms with Gasteiger partial charge in [0.15, 0.2) is 0 Å². The summed E-state index contributed by atoms with van der Waals surface area (Å²) in [4.78, 5) is 10.3. The van der Waals surface area contributed by atoms with Gasteiger partial charge >= 0.3 is 5.97 Å². The summed E-state index contributed by atoms with van der Waals surface area (Å²) in [5.41, 5.74) is 0.299. The van der Waals surface area contributed by atoms with Gasteiger partial charge < -0.3 is 5.11 Å². The van der Waals surface area contributed by atoms with Crippen molar-refractivity contribution in [2.75, 3.05) is 12.3 Å². The fourth-order valence-electron chi connectivity index (χ4n) is 2.54. The Balaban J connectivity index is 2.38. The lowest BCUT2D eigenvalue weighted by Crippen LogP contribution is -2.29. The Morgan fingerprint density at radius 1 is 1.22 bits per heavy atom. The van der Waals surface area contributed by atoms with Gasteiger partial charge in [-0.3, -0.25) is 4.79 Å². The molecule has 0 bridgehead atoms. The van der Waals surface area contributed by atoms with E-state index in [1.807, 2.05) is 0 Å². The first kappa shape index (κ1) is 15.4. The second-order valence-corrected chi connectivity index (χ2v) is 8.09. The number of carbonyl (C=O) groups is 1. The van der Waals surface area contributed by atoms with E-state index in [0.717, 1.165) is 0 Å². The van der Waals surface area contributed by atoms with Gasteiger partial charge in [-0.1, -0.05) is 27.7 Å². The minimum atomic E-state index is -3.35. The summed E-state index contributed by atoms with van der Waals surface area (Å²) in [7, 11) is -3.35. The van der Waals surface area contributed by atoms with Crippen LogP contribution in [0.15, 0.2) is 0 Å². The molecule has 18 heavy (non-hydrogen) atoms. The molecule has 1 aliphatic carbocycles. The molecule has 0 radical (unpaired) electrons. The van der Waals surface area contributed by atoms with E-state index in [0.29, 0.717) is 12.5 Å². The molecule has 0 aromatic rings. The van der Waals surface area contributed by atoms with Crippen LogP contribution in [-0.2, 0) is 14.8 Å². The molecular weight excluding hydrogens is 254 g/mol. The zero-order chi connectivity index (χ0) is 14.2. The summed E-state index contributed by atoms with van der Waals surface area (Å²) in [6, 6.07) is 0. The monoisotopic (exact) mass is 277 g/mol. The van der Waals surface area contributed by atoms with E-state index in [-0.39, 0.29) is 29.4 Å². The molecule has 0 unspecified atom stereocenters. The fraction of sp³-hybridized carbons (Fsp3) is 0.917. The van der Waals surface area contributed by atoms with Crippen LogP contribution >= 0.6 is 0 Å². The van der Waals surface area contributed by atoms with Gasteiger partial charge in [0.25, 0.3) is 0 Å².